The van der Waals surface area contributed by atoms with Crippen molar-refractivity contribution in [3.8, 4) is 0 Å². The van der Waals surface area contributed by atoms with E-state index in [0.717, 1.165) is 32.7 Å². The van der Waals surface area contributed by atoms with Crippen LogP contribution >= 0.6 is 34.9 Å². The number of thiazole rings is 1. The number of aromatic nitrogens is 5. The molecule has 0 saturated carbocycles. The number of rotatable bonds is 10. The number of fused-ring (bicyclic) bond motifs is 1. The molecule has 0 aromatic carbocycles. The second-order valence-corrected chi connectivity index (χ2v) is 10.0. The summed E-state index contributed by atoms with van der Waals surface area (Å²) in [5.41, 5.74) is 5.75. The van der Waals surface area contributed by atoms with Gasteiger partial charge in [-0.15, -0.1) is 33.1 Å². The molecule has 0 radical (unpaired) electrons. The molecule has 2 aromatic heterocycles. The van der Waals surface area contributed by atoms with Crippen LogP contribution in [0.3, 0.4) is 0 Å². The summed E-state index contributed by atoms with van der Waals surface area (Å²) in [5, 5.41) is 35.7. The number of carbonyl (C=O) groups excluding carboxylic acids is 2. The lowest BCUT2D eigenvalue weighted by Gasteiger charge is -2.49. The molecule has 2 aliphatic rings. The molecule has 0 bridgehead atoms. The third-order valence-corrected chi connectivity index (χ3v) is 7.96. The Labute approximate surface area is 207 Å². The lowest BCUT2D eigenvalue weighted by molar-refractivity contribution is -0.150. The van der Waals surface area contributed by atoms with Gasteiger partial charge in [0.25, 0.3) is 11.8 Å². The van der Waals surface area contributed by atoms with Gasteiger partial charge >= 0.3 is 11.9 Å². The number of carbonyl (C=O) groups is 4. The fourth-order valence-corrected chi connectivity index (χ4v) is 6.31. The van der Waals surface area contributed by atoms with E-state index < -0.39 is 47.8 Å². The molecule has 4 rings (SSSR count). The molecule has 184 valence electrons. The Morgan fingerprint density at radius 2 is 2.14 bits per heavy atom. The predicted molar refractivity (Wildman–Crippen MR) is 121 cm³/mol. The van der Waals surface area contributed by atoms with Gasteiger partial charge in [-0.05, 0) is 21.2 Å². The van der Waals surface area contributed by atoms with Crippen molar-refractivity contribution < 1.29 is 29.4 Å². The fraction of sp³-hybridized carbons (Fsp3) is 0.375. The molecular weight excluding hydrogens is 526 g/mol. The molecule has 19 heteroatoms. The van der Waals surface area contributed by atoms with Crippen LogP contribution in [0.15, 0.2) is 27.0 Å². The Bertz CT molecular complexity index is 1240. The van der Waals surface area contributed by atoms with E-state index in [2.05, 4.69) is 31.0 Å². The first kappa shape index (κ1) is 24.5. The minimum absolute atomic E-state index is 0.0515. The van der Waals surface area contributed by atoms with Crippen molar-refractivity contribution >= 4 is 63.7 Å². The number of thioether (sulfide) groups is 2. The summed E-state index contributed by atoms with van der Waals surface area (Å²) in [5.74, 6) is -3.69. The van der Waals surface area contributed by atoms with Crippen LogP contribution in [0.1, 0.15) is 11.7 Å². The van der Waals surface area contributed by atoms with Gasteiger partial charge < -0.3 is 21.3 Å². The number of nitrogens with two attached hydrogens (primary N) is 1. The van der Waals surface area contributed by atoms with Crippen LogP contribution in [0, 0.1) is 4.91 Å². The number of hydrogen-bond donors (Lipinski definition) is 4. The number of nitrogens with zero attached hydrogens (tertiary/aromatic N) is 7. The van der Waals surface area contributed by atoms with Gasteiger partial charge in [0, 0.05) is 16.9 Å². The smallest absolute Gasteiger partial charge is 0.352 e. The molecule has 2 unspecified atom stereocenters. The Kier molecular flexibility index (Phi) is 6.98. The van der Waals surface area contributed by atoms with Gasteiger partial charge in [-0.2, -0.15) is 0 Å². The summed E-state index contributed by atoms with van der Waals surface area (Å²) >= 11 is 3.28. The van der Waals surface area contributed by atoms with E-state index in [0.29, 0.717) is 5.57 Å². The largest absolute Gasteiger partial charge is 0.480 e. The van der Waals surface area contributed by atoms with Crippen LogP contribution in [0.4, 0.5) is 5.13 Å². The Balaban J connectivity index is 1.47. The van der Waals surface area contributed by atoms with Crippen molar-refractivity contribution in [1.29, 1.82) is 0 Å². The Morgan fingerprint density at radius 1 is 1.37 bits per heavy atom. The van der Waals surface area contributed by atoms with Crippen LogP contribution in [0.25, 0.3) is 0 Å². The van der Waals surface area contributed by atoms with E-state index in [1.54, 1.807) is 0 Å². The number of nitroso groups, excluding NO2 is 1. The first-order valence-electron chi connectivity index (χ1n) is 9.55. The van der Waals surface area contributed by atoms with Gasteiger partial charge in [0.1, 0.15) is 23.7 Å². The van der Waals surface area contributed by atoms with Gasteiger partial charge in [-0.1, -0.05) is 11.8 Å². The quantitative estimate of drug-likeness (QED) is 0.163. The fourth-order valence-electron chi connectivity index (χ4n) is 3.37. The number of β-lactam (4-membered cyclic amide) rings is 1. The molecule has 1 saturated heterocycles. The number of hydrogen-bond acceptors (Lipinski definition) is 14. The zero-order chi connectivity index (χ0) is 25.3. The molecule has 0 aliphatic carbocycles. The van der Waals surface area contributed by atoms with Crippen molar-refractivity contribution in [2.45, 2.75) is 29.2 Å². The molecule has 3 atom stereocenters. The maximum atomic E-state index is 12.8. The lowest BCUT2D eigenvalue weighted by atomic mass is 10.0. The van der Waals surface area contributed by atoms with Crippen molar-refractivity contribution in [3.63, 3.8) is 0 Å². The van der Waals surface area contributed by atoms with Gasteiger partial charge in [-0.25, -0.2) is 14.5 Å². The first-order chi connectivity index (χ1) is 16.7. The van der Waals surface area contributed by atoms with Crippen LogP contribution in [-0.2, 0) is 25.7 Å². The third-order valence-electron chi connectivity index (χ3n) is 4.88. The summed E-state index contributed by atoms with van der Waals surface area (Å²) in [6, 6.07) is -2.56. The van der Waals surface area contributed by atoms with Crippen LogP contribution in [-0.4, -0.2) is 87.0 Å². The lowest BCUT2D eigenvalue weighted by Crippen LogP contribution is -2.70. The predicted octanol–water partition coefficient (Wildman–Crippen LogP) is -0.865. The summed E-state index contributed by atoms with van der Waals surface area (Å²) in [4.78, 5) is 64.4. The number of amides is 2. The second-order valence-electron chi connectivity index (χ2n) is 7.07. The molecule has 5 N–H and O–H groups in total. The van der Waals surface area contributed by atoms with E-state index in [1.807, 2.05) is 0 Å². The summed E-state index contributed by atoms with van der Waals surface area (Å²) in [6.07, 6.45) is 0. The van der Waals surface area contributed by atoms with Gasteiger partial charge in [0.05, 0.1) is 5.69 Å². The standard InChI is InChI=1S/C16H15N9O7S3/c17-15-18-6(4-34-15)8(21-32)11(28)19-9-12(29)25-10(14(30)31)5(2-33-13(9)25)3-35-16-20-22-23-24(16)1-7(26)27/h4,8-9,13H,1-3H2,(H2,17,18)(H,19,28)(H,26,27)(H,30,31)/t8?,9?,13-/m0/s1. The highest BCUT2D eigenvalue weighted by Gasteiger charge is 2.54. The molecular formula is C16H15N9O7S3. The Morgan fingerprint density at radius 3 is 2.77 bits per heavy atom. The van der Waals surface area contributed by atoms with E-state index in [1.165, 1.54) is 17.1 Å². The summed E-state index contributed by atoms with van der Waals surface area (Å²) in [7, 11) is 0. The van der Waals surface area contributed by atoms with E-state index in [4.69, 9.17) is 10.8 Å². The molecule has 1 fully saturated rings. The zero-order valence-corrected chi connectivity index (χ0v) is 19.7. The average Bonchev–Trinajstić information content (AvgIpc) is 3.43. The SMILES string of the molecule is Nc1nc(C(N=O)C(=O)NC2C(=O)N3C(C(=O)O)=C(CSc4nnnn4CC(=O)O)CS[C@@H]23)cs1. The van der Waals surface area contributed by atoms with Crippen molar-refractivity contribution in [1.82, 2.24) is 35.4 Å². The summed E-state index contributed by atoms with van der Waals surface area (Å²) < 4.78 is 1.06. The maximum Gasteiger partial charge on any atom is 0.352 e. The molecule has 16 nitrogen and oxygen atoms in total. The molecule has 2 amide bonds. The monoisotopic (exact) mass is 541 g/mol. The molecule has 35 heavy (non-hydrogen) atoms. The molecule has 4 heterocycles. The molecule has 2 aromatic rings. The molecule has 2 aliphatic heterocycles. The van der Waals surface area contributed by atoms with Crippen molar-refractivity contribution in [2.75, 3.05) is 17.2 Å². The Hall–Kier alpha value is -3.58. The number of carboxylic acid groups (broad SMARTS) is 2. The van der Waals surface area contributed by atoms with Crippen LogP contribution in [0.5, 0.6) is 0 Å². The summed E-state index contributed by atoms with van der Waals surface area (Å²) in [6.45, 7) is -0.465. The number of nitrogen functional groups attached to an aromatic ring is 1. The van der Waals surface area contributed by atoms with E-state index >= 15 is 0 Å². The number of aliphatic carboxylic acids is 2. The highest BCUT2D eigenvalue weighted by molar-refractivity contribution is 8.01. The first-order valence-corrected chi connectivity index (χ1v) is 12.5. The number of nitrogens with one attached hydrogen (secondary N) is 1. The minimum Gasteiger partial charge on any atom is -0.480 e. The third kappa shape index (κ3) is 4.82. The number of carboxylic acids is 2. The van der Waals surface area contributed by atoms with E-state index in [9.17, 15) is 29.2 Å². The highest BCUT2D eigenvalue weighted by Crippen LogP contribution is 2.41. The van der Waals surface area contributed by atoms with Crippen LogP contribution in [0.2, 0.25) is 0 Å². The van der Waals surface area contributed by atoms with Crippen LogP contribution < -0.4 is 11.1 Å². The number of tetrazole rings is 1. The van der Waals surface area contributed by atoms with Crippen molar-refractivity contribution in [3.05, 3.63) is 27.3 Å². The van der Waals surface area contributed by atoms with Crippen molar-refractivity contribution in [2.24, 2.45) is 5.18 Å². The average molecular weight is 542 g/mol. The van der Waals surface area contributed by atoms with Gasteiger partial charge in [0.2, 0.25) is 11.2 Å². The highest BCUT2D eigenvalue weighted by atomic mass is 32.2. The zero-order valence-electron chi connectivity index (χ0n) is 17.3. The number of anilines is 1. The topological polar surface area (TPSA) is 236 Å². The van der Waals surface area contributed by atoms with E-state index in [-0.39, 0.29) is 33.2 Å². The van der Waals surface area contributed by atoms with Gasteiger partial charge in [-0.3, -0.25) is 19.3 Å². The van der Waals surface area contributed by atoms with Gasteiger partial charge in [0.15, 0.2) is 5.13 Å². The minimum atomic E-state index is -1.50. The normalized spacial score (nSPS) is 20.1. The second kappa shape index (κ2) is 9.96. The molecule has 0 spiro atoms. The maximum absolute atomic E-state index is 12.8.